The van der Waals surface area contributed by atoms with E-state index in [1.54, 1.807) is 41.4 Å². The number of nitrogens with zero attached hydrogens (tertiary/aromatic N) is 3. The summed E-state index contributed by atoms with van der Waals surface area (Å²) >= 11 is 1.49. The van der Waals surface area contributed by atoms with E-state index in [-0.39, 0.29) is 49.6 Å². The molecule has 3 amide bonds. The van der Waals surface area contributed by atoms with Gasteiger partial charge >= 0.3 is 0 Å². The second-order valence-electron chi connectivity index (χ2n) is 10.8. The molecule has 6 bridgehead atoms. The fraction of sp³-hybridized carbons (Fsp3) is 0.281. The third kappa shape index (κ3) is 7.03. The summed E-state index contributed by atoms with van der Waals surface area (Å²) in [7, 11) is 0. The summed E-state index contributed by atoms with van der Waals surface area (Å²) in [5.41, 5.74) is 2.96. The van der Waals surface area contributed by atoms with Crippen LogP contribution in [0.5, 0.6) is 11.5 Å². The van der Waals surface area contributed by atoms with Crippen LogP contribution in [0.15, 0.2) is 66.3 Å². The quantitative estimate of drug-likeness (QED) is 0.353. The van der Waals surface area contributed by atoms with Gasteiger partial charge < -0.3 is 25.0 Å². The number of hydrogen-bond acceptors (Lipinski definition) is 8. The zero-order valence-electron chi connectivity index (χ0n) is 23.9. The van der Waals surface area contributed by atoms with E-state index >= 15 is 0 Å². The molecular weight excluding hydrogens is 585 g/mol. The Morgan fingerprint density at radius 3 is 2.80 bits per heavy atom. The highest BCUT2D eigenvalue weighted by molar-refractivity contribution is 7.09. The van der Waals surface area contributed by atoms with Crippen LogP contribution >= 0.6 is 11.3 Å². The van der Waals surface area contributed by atoms with Crippen molar-refractivity contribution in [1.29, 1.82) is 0 Å². The van der Waals surface area contributed by atoms with Crippen LogP contribution in [0.2, 0.25) is 0 Å². The number of aryl methyl sites for hydroxylation is 1. The lowest BCUT2D eigenvalue weighted by Crippen LogP contribution is -2.58. The number of nitrogens with one attached hydrogen (secondary N) is 2. The first-order chi connectivity index (χ1) is 21.3. The lowest BCUT2D eigenvalue weighted by molar-refractivity contribution is -0.133. The molecule has 2 atom stereocenters. The van der Waals surface area contributed by atoms with E-state index in [0.29, 0.717) is 41.1 Å². The largest absolute Gasteiger partial charge is 0.488 e. The zero-order chi connectivity index (χ0) is 30.6. The van der Waals surface area contributed by atoms with Crippen LogP contribution < -0.4 is 20.1 Å². The average molecular weight is 616 g/mol. The summed E-state index contributed by atoms with van der Waals surface area (Å²) in [4.78, 5) is 49.7. The molecule has 2 N–H and O–H groups in total. The molecule has 2 aromatic heterocycles. The molecule has 0 spiro atoms. The van der Waals surface area contributed by atoms with Gasteiger partial charge in [-0.05, 0) is 48.4 Å². The highest BCUT2D eigenvalue weighted by Gasteiger charge is 2.34. The number of carbonyl (C=O) groups excluding carboxylic acids is 3. The number of pyridine rings is 1. The van der Waals surface area contributed by atoms with E-state index in [0.717, 1.165) is 10.6 Å². The van der Waals surface area contributed by atoms with E-state index in [1.165, 1.54) is 29.7 Å². The molecule has 10 nitrogen and oxygen atoms in total. The molecule has 2 aliphatic heterocycles. The van der Waals surface area contributed by atoms with Crippen molar-refractivity contribution in [1.82, 2.24) is 25.5 Å². The van der Waals surface area contributed by atoms with E-state index in [9.17, 15) is 18.8 Å². The lowest BCUT2D eigenvalue weighted by atomic mass is 10.00. The topological polar surface area (TPSA) is 123 Å². The summed E-state index contributed by atoms with van der Waals surface area (Å²) in [5.74, 6) is -0.668. The maximum absolute atomic E-state index is 14.6. The molecule has 2 aromatic carbocycles. The Bertz CT molecular complexity index is 1710. The minimum absolute atomic E-state index is 0.0665. The van der Waals surface area contributed by atoms with Gasteiger partial charge in [-0.15, -0.1) is 11.3 Å². The van der Waals surface area contributed by atoms with Crippen molar-refractivity contribution in [3.63, 3.8) is 0 Å². The first kappa shape index (κ1) is 29.2. The Hall–Kier alpha value is -4.84. The molecule has 2 aliphatic rings. The number of carbonyl (C=O) groups is 3. The maximum atomic E-state index is 14.6. The van der Waals surface area contributed by atoms with Crippen molar-refractivity contribution < 1.29 is 28.2 Å². The van der Waals surface area contributed by atoms with Crippen LogP contribution in [0.1, 0.15) is 33.0 Å². The lowest BCUT2D eigenvalue weighted by Gasteiger charge is -2.39. The zero-order valence-corrected chi connectivity index (χ0v) is 24.7. The maximum Gasteiger partial charge on any atom is 0.258 e. The van der Waals surface area contributed by atoms with Crippen molar-refractivity contribution in [2.24, 2.45) is 0 Å². The van der Waals surface area contributed by atoms with E-state index < -0.39 is 18.0 Å². The molecule has 0 aliphatic carbocycles. The van der Waals surface area contributed by atoms with Gasteiger partial charge in [-0.1, -0.05) is 12.1 Å². The highest BCUT2D eigenvalue weighted by Crippen LogP contribution is 2.26. The predicted molar refractivity (Wildman–Crippen MR) is 161 cm³/mol. The van der Waals surface area contributed by atoms with Gasteiger partial charge in [0.05, 0.1) is 28.7 Å². The Morgan fingerprint density at radius 1 is 1.09 bits per heavy atom. The van der Waals surface area contributed by atoms with Crippen LogP contribution in [0.25, 0.3) is 11.1 Å². The number of ether oxygens (including phenoxy) is 2. The first-order valence-corrected chi connectivity index (χ1v) is 15.1. The second kappa shape index (κ2) is 12.8. The number of thiazole rings is 1. The van der Waals surface area contributed by atoms with Gasteiger partial charge in [0.1, 0.15) is 23.4 Å². The number of rotatable bonds is 2. The van der Waals surface area contributed by atoms with Crippen molar-refractivity contribution in [2.75, 3.05) is 19.7 Å². The predicted octanol–water partition coefficient (Wildman–Crippen LogP) is 3.68. The molecule has 4 heterocycles. The number of fused-ring (bicyclic) bond motifs is 8. The average Bonchev–Trinajstić information content (AvgIpc) is 3.43. The SMILES string of the molecule is Cc1nc(CC(=O)N2CC[C@@H]3Oc4cc(F)cc(c4)CNC(=O)COc4cccc(c4)-c4cncc(c4)C(=O)N[C@@H]3C2)cs1. The first-order valence-electron chi connectivity index (χ1n) is 14.2. The number of aromatic nitrogens is 2. The molecule has 44 heavy (non-hydrogen) atoms. The van der Waals surface area contributed by atoms with Crippen LogP contribution in [-0.4, -0.2) is 64.4 Å². The summed E-state index contributed by atoms with van der Waals surface area (Å²) in [5, 5.41) is 8.54. The molecule has 4 aromatic rings. The summed E-state index contributed by atoms with van der Waals surface area (Å²) in [6.07, 6.45) is 3.11. The van der Waals surface area contributed by atoms with Crippen LogP contribution in [0.3, 0.4) is 0 Å². The number of amides is 3. The number of hydrogen-bond donors (Lipinski definition) is 2. The standard InChI is InChI=1S/C32H30FN5O5S/c1-19-36-25(18-44-19)12-31(40)38-6-5-29-28(16-38)37-32(41)23-9-22(14-34-15-23)21-3-2-4-26(10-21)42-17-30(39)35-13-20-7-24(33)11-27(8-20)43-29/h2-4,7-11,14-15,18,28-29H,5-6,12-13,16-17H2,1H3,(H,35,39)(H,37,41)/t28-,29+/m1/s1. The van der Waals surface area contributed by atoms with E-state index in [1.807, 2.05) is 18.4 Å². The normalized spacial score (nSPS) is 18.7. The van der Waals surface area contributed by atoms with Crippen LogP contribution in [0, 0.1) is 12.7 Å². The molecule has 1 fully saturated rings. The summed E-state index contributed by atoms with van der Waals surface area (Å²) in [6, 6.07) is 12.5. The van der Waals surface area contributed by atoms with Gasteiger partial charge in [-0.25, -0.2) is 9.37 Å². The number of benzene rings is 2. The van der Waals surface area contributed by atoms with Gasteiger partial charge in [0.2, 0.25) is 5.91 Å². The minimum Gasteiger partial charge on any atom is -0.488 e. The number of piperidine rings is 1. The van der Waals surface area contributed by atoms with Crippen molar-refractivity contribution in [2.45, 2.75) is 38.5 Å². The van der Waals surface area contributed by atoms with Gasteiger partial charge in [-0.3, -0.25) is 19.4 Å². The minimum atomic E-state index is -0.605. The van der Waals surface area contributed by atoms with Gasteiger partial charge in [0, 0.05) is 55.5 Å². The molecule has 226 valence electrons. The van der Waals surface area contributed by atoms with E-state index in [4.69, 9.17) is 9.47 Å². The smallest absolute Gasteiger partial charge is 0.258 e. The van der Waals surface area contributed by atoms with Gasteiger partial charge in [0.15, 0.2) is 6.61 Å². The third-order valence-electron chi connectivity index (χ3n) is 7.46. The van der Waals surface area contributed by atoms with Crippen molar-refractivity contribution >= 4 is 29.1 Å². The second-order valence-corrected chi connectivity index (χ2v) is 11.8. The molecule has 0 saturated carbocycles. The van der Waals surface area contributed by atoms with Gasteiger partial charge in [-0.2, -0.15) is 0 Å². The molecule has 0 radical (unpaired) electrons. The highest BCUT2D eigenvalue weighted by atomic mass is 32.1. The van der Waals surface area contributed by atoms with Crippen LogP contribution in [0.4, 0.5) is 4.39 Å². The van der Waals surface area contributed by atoms with Crippen molar-refractivity contribution in [3.05, 3.63) is 94.0 Å². The Balaban J connectivity index is 1.31. The fourth-order valence-corrected chi connectivity index (χ4v) is 5.91. The third-order valence-corrected chi connectivity index (χ3v) is 8.29. The molecule has 1 saturated heterocycles. The summed E-state index contributed by atoms with van der Waals surface area (Å²) in [6.45, 7) is 2.31. The van der Waals surface area contributed by atoms with Crippen molar-refractivity contribution in [3.8, 4) is 22.6 Å². The Morgan fingerprint density at radius 2 is 1.95 bits per heavy atom. The summed E-state index contributed by atoms with van der Waals surface area (Å²) < 4.78 is 26.6. The number of halogens is 1. The Labute approximate surface area is 257 Å². The molecule has 0 unspecified atom stereocenters. The number of likely N-dealkylation sites (tertiary alicyclic amines) is 1. The van der Waals surface area contributed by atoms with E-state index in [2.05, 4.69) is 20.6 Å². The molecule has 12 heteroatoms. The fourth-order valence-electron chi connectivity index (χ4n) is 5.30. The molecule has 6 rings (SSSR count). The molecular formula is C32H30FN5O5S. The van der Waals surface area contributed by atoms with Crippen LogP contribution in [-0.2, 0) is 22.6 Å². The monoisotopic (exact) mass is 615 g/mol. The van der Waals surface area contributed by atoms with Gasteiger partial charge in [0.25, 0.3) is 11.8 Å². The Kier molecular flexibility index (Phi) is 8.51.